The fourth-order valence-electron chi connectivity index (χ4n) is 2.09. The highest BCUT2D eigenvalue weighted by atomic mass is 35.5. The van der Waals surface area contributed by atoms with E-state index in [1.165, 1.54) is 20.4 Å². The van der Waals surface area contributed by atoms with Crippen LogP contribution in [0.3, 0.4) is 0 Å². The maximum atomic E-state index is 11.8. The Hall–Kier alpha value is -2.44. The van der Waals surface area contributed by atoms with Crippen molar-refractivity contribution in [1.29, 1.82) is 0 Å². The molecule has 0 saturated carbocycles. The van der Waals surface area contributed by atoms with E-state index in [2.05, 4.69) is 10.5 Å². The second kappa shape index (κ2) is 9.31. The van der Waals surface area contributed by atoms with E-state index in [0.717, 1.165) is 5.56 Å². The number of benzene rings is 2. The number of methoxy groups -OCH3 is 2. The Morgan fingerprint density at radius 3 is 2.46 bits per heavy atom. The van der Waals surface area contributed by atoms with Crippen molar-refractivity contribution < 1.29 is 19.0 Å². The summed E-state index contributed by atoms with van der Waals surface area (Å²) in [6, 6.07) is 8.42. The number of hydrogen-bond acceptors (Lipinski definition) is 5. The van der Waals surface area contributed by atoms with Crippen molar-refractivity contribution in [2.24, 2.45) is 5.10 Å². The summed E-state index contributed by atoms with van der Waals surface area (Å²) in [4.78, 5) is 11.8. The van der Waals surface area contributed by atoms with E-state index in [1.807, 2.05) is 6.92 Å². The van der Waals surface area contributed by atoms with Gasteiger partial charge in [0.1, 0.15) is 5.75 Å². The summed E-state index contributed by atoms with van der Waals surface area (Å²) < 4.78 is 15.8. The summed E-state index contributed by atoms with van der Waals surface area (Å²) in [5.74, 6) is 1.18. The molecule has 2 rings (SSSR count). The van der Waals surface area contributed by atoms with E-state index in [0.29, 0.717) is 32.9 Å². The zero-order chi connectivity index (χ0) is 19.1. The summed E-state index contributed by atoms with van der Waals surface area (Å²) in [7, 11) is 3.04. The third-order valence-corrected chi connectivity index (χ3v) is 3.95. The fourth-order valence-corrected chi connectivity index (χ4v) is 2.52. The quantitative estimate of drug-likeness (QED) is 0.569. The van der Waals surface area contributed by atoms with Gasteiger partial charge in [0.2, 0.25) is 0 Å². The summed E-state index contributed by atoms with van der Waals surface area (Å²) in [6.45, 7) is 1.66. The Balaban J connectivity index is 1.94. The van der Waals surface area contributed by atoms with Crippen molar-refractivity contribution in [3.05, 3.63) is 51.5 Å². The second-order valence-corrected chi connectivity index (χ2v) is 6.06. The van der Waals surface area contributed by atoms with E-state index in [4.69, 9.17) is 37.4 Å². The summed E-state index contributed by atoms with van der Waals surface area (Å²) in [5.41, 5.74) is 3.78. The molecule has 0 spiro atoms. The lowest BCUT2D eigenvalue weighted by Crippen LogP contribution is -2.24. The molecular weight excluding hydrogens is 379 g/mol. The summed E-state index contributed by atoms with van der Waals surface area (Å²) >= 11 is 12.0. The van der Waals surface area contributed by atoms with Gasteiger partial charge >= 0.3 is 0 Å². The molecule has 138 valence electrons. The van der Waals surface area contributed by atoms with Gasteiger partial charge in [0.25, 0.3) is 5.91 Å². The first-order valence-corrected chi connectivity index (χ1v) is 8.32. The highest BCUT2D eigenvalue weighted by molar-refractivity contribution is 6.33. The third kappa shape index (κ3) is 5.28. The van der Waals surface area contributed by atoms with Crippen molar-refractivity contribution >= 4 is 35.3 Å². The van der Waals surface area contributed by atoms with Gasteiger partial charge in [0, 0.05) is 16.7 Å². The van der Waals surface area contributed by atoms with E-state index in [-0.39, 0.29) is 6.61 Å². The molecule has 2 aromatic rings. The molecule has 0 aliphatic carbocycles. The van der Waals surface area contributed by atoms with Crippen LogP contribution < -0.4 is 19.6 Å². The van der Waals surface area contributed by atoms with Crippen LogP contribution in [0, 0.1) is 6.92 Å². The minimum absolute atomic E-state index is 0.181. The van der Waals surface area contributed by atoms with Crippen LogP contribution in [0.15, 0.2) is 35.4 Å². The first-order chi connectivity index (χ1) is 12.4. The number of hydrazone groups is 1. The maximum absolute atomic E-state index is 11.8. The van der Waals surface area contributed by atoms with Gasteiger partial charge in [-0.2, -0.15) is 5.10 Å². The van der Waals surface area contributed by atoms with Crippen LogP contribution in [0.4, 0.5) is 0 Å². The monoisotopic (exact) mass is 396 g/mol. The lowest BCUT2D eigenvalue weighted by atomic mass is 10.2. The Kier molecular flexibility index (Phi) is 7.12. The standard InChI is InChI=1S/C18H18Cl2N2O4/c1-11-6-13(19)4-5-15(11)26-10-18(23)22-21-9-12-7-16(24-2)17(25-3)8-14(12)20/h4-9H,10H2,1-3H3,(H,22,23)/b21-9+. The Morgan fingerprint density at radius 1 is 1.12 bits per heavy atom. The number of halogens is 2. The minimum atomic E-state index is -0.410. The van der Waals surface area contributed by atoms with Crippen LogP contribution in [-0.4, -0.2) is 32.9 Å². The van der Waals surface area contributed by atoms with Gasteiger partial charge in [-0.1, -0.05) is 23.2 Å². The van der Waals surface area contributed by atoms with Gasteiger partial charge in [-0.15, -0.1) is 0 Å². The van der Waals surface area contributed by atoms with Crippen LogP contribution in [0.5, 0.6) is 17.2 Å². The Labute approximate surface area is 161 Å². The van der Waals surface area contributed by atoms with Gasteiger partial charge in [0.15, 0.2) is 18.1 Å². The normalized spacial score (nSPS) is 10.7. The zero-order valence-electron chi connectivity index (χ0n) is 14.5. The second-order valence-electron chi connectivity index (χ2n) is 5.22. The van der Waals surface area contributed by atoms with Gasteiger partial charge in [-0.05, 0) is 36.8 Å². The number of rotatable bonds is 7. The fraction of sp³-hybridized carbons (Fsp3) is 0.222. The molecule has 0 aliphatic heterocycles. The Morgan fingerprint density at radius 2 is 1.81 bits per heavy atom. The van der Waals surface area contributed by atoms with Gasteiger partial charge in [0.05, 0.1) is 25.5 Å². The summed E-state index contributed by atoms with van der Waals surface area (Å²) in [6.07, 6.45) is 1.41. The molecule has 0 heterocycles. The largest absolute Gasteiger partial charge is 0.493 e. The zero-order valence-corrected chi connectivity index (χ0v) is 16.0. The first-order valence-electron chi connectivity index (χ1n) is 7.57. The van der Waals surface area contributed by atoms with Crippen molar-refractivity contribution in [1.82, 2.24) is 5.43 Å². The van der Waals surface area contributed by atoms with E-state index < -0.39 is 5.91 Å². The molecule has 0 aromatic heterocycles. The van der Waals surface area contributed by atoms with Crippen LogP contribution >= 0.6 is 23.2 Å². The number of carbonyl (C=O) groups excluding carboxylic acids is 1. The highest BCUT2D eigenvalue weighted by Gasteiger charge is 2.09. The molecule has 0 bridgehead atoms. The topological polar surface area (TPSA) is 69.2 Å². The molecule has 0 aliphatic rings. The number of amides is 1. The molecule has 2 aromatic carbocycles. The molecule has 6 nitrogen and oxygen atoms in total. The van der Waals surface area contributed by atoms with Crippen LogP contribution in [0.2, 0.25) is 10.0 Å². The number of carbonyl (C=O) groups is 1. The lowest BCUT2D eigenvalue weighted by Gasteiger charge is -2.09. The number of nitrogens with one attached hydrogen (secondary N) is 1. The third-order valence-electron chi connectivity index (χ3n) is 3.39. The molecule has 26 heavy (non-hydrogen) atoms. The average Bonchev–Trinajstić information content (AvgIpc) is 2.62. The van der Waals surface area contributed by atoms with Crippen LogP contribution in [-0.2, 0) is 4.79 Å². The molecule has 1 amide bonds. The molecular formula is C18H18Cl2N2O4. The van der Waals surface area contributed by atoms with Gasteiger partial charge < -0.3 is 14.2 Å². The number of aryl methyl sites for hydroxylation is 1. The Bertz CT molecular complexity index is 825. The van der Waals surface area contributed by atoms with Crippen molar-refractivity contribution in [2.45, 2.75) is 6.92 Å². The van der Waals surface area contributed by atoms with Crippen molar-refractivity contribution in [2.75, 3.05) is 20.8 Å². The molecule has 0 radical (unpaired) electrons. The number of hydrogen-bond donors (Lipinski definition) is 1. The molecule has 1 N–H and O–H groups in total. The number of nitrogens with zero attached hydrogens (tertiary/aromatic N) is 1. The predicted octanol–water partition coefficient (Wildman–Crippen LogP) is 3.85. The van der Waals surface area contributed by atoms with E-state index in [9.17, 15) is 4.79 Å². The van der Waals surface area contributed by atoms with Gasteiger partial charge in [-0.25, -0.2) is 5.43 Å². The van der Waals surface area contributed by atoms with Crippen LogP contribution in [0.25, 0.3) is 0 Å². The van der Waals surface area contributed by atoms with E-state index >= 15 is 0 Å². The SMILES string of the molecule is COc1cc(Cl)c(/C=N/NC(=O)COc2ccc(Cl)cc2C)cc1OC. The van der Waals surface area contributed by atoms with Crippen molar-refractivity contribution in [3.8, 4) is 17.2 Å². The highest BCUT2D eigenvalue weighted by Crippen LogP contribution is 2.32. The van der Waals surface area contributed by atoms with Crippen LogP contribution in [0.1, 0.15) is 11.1 Å². The molecule has 0 unspecified atom stereocenters. The minimum Gasteiger partial charge on any atom is -0.493 e. The predicted molar refractivity (Wildman–Crippen MR) is 102 cm³/mol. The number of ether oxygens (including phenoxy) is 3. The van der Waals surface area contributed by atoms with Gasteiger partial charge in [-0.3, -0.25) is 4.79 Å². The maximum Gasteiger partial charge on any atom is 0.277 e. The molecule has 0 saturated heterocycles. The summed E-state index contributed by atoms with van der Waals surface area (Å²) in [5, 5.41) is 4.89. The smallest absolute Gasteiger partial charge is 0.277 e. The molecule has 0 atom stereocenters. The van der Waals surface area contributed by atoms with Crippen molar-refractivity contribution in [3.63, 3.8) is 0 Å². The van der Waals surface area contributed by atoms with E-state index in [1.54, 1.807) is 30.3 Å². The molecule has 8 heteroatoms. The average molecular weight is 397 g/mol. The first kappa shape index (κ1) is 19.9. The molecule has 0 fully saturated rings. The lowest BCUT2D eigenvalue weighted by molar-refractivity contribution is -0.123.